The van der Waals surface area contributed by atoms with Gasteiger partial charge < -0.3 is 4.74 Å². The van der Waals surface area contributed by atoms with Crippen LogP contribution in [0.25, 0.3) is 22.8 Å². The maximum absolute atomic E-state index is 12.4. The molecule has 2 heterocycles. The number of alkyl halides is 3. The van der Waals surface area contributed by atoms with Gasteiger partial charge in [0.05, 0.1) is 11.4 Å². The third-order valence-electron chi connectivity index (χ3n) is 6.81. The summed E-state index contributed by atoms with van der Waals surface area (Å²) in [4.78, 5) is 10.7. The zero-order chi connectivity index (χ0) is 30.7. The number of hydrogen-bond donors (Lipinski definition) is 0. The summed E-state index contributed by atoms with van der Waals surface area (Å²) in [6.07, 6.45) is -1.85. The molecule has 0 fully saturated rings. The van der Waals surface area contributed by atoms with E-state index in [0.29, 0.717) is 28.8 Å². The molecule has 0 aliphatic carbocycles. The first-order valence-corrected chi connectivity index (χ1v) is 15.0. The number of ether oxygens (including phenoxy) is 1. The van der Waals surface area contributed by atoms with Crippen LogP contribution in [0.3, 0.4) is 0 Å². The highest BCUT2D eigenvalue weighted by atomic mass is 32.1. The third-order valence-corrected chi connectivity index (χ3v) is 8.05. The minimum atomic E-state index is -4.74. The molecule has 222 valence electrons. The van der Waals surface area contributed by atoms with Crippen molar-refractivity contribution >= 4 is 28.5 Å². The van der Waals surface area contributed by atoms with Crippen LogP contribution in [0.15, 0.2) is 83.4 Å². The number of nitrogens with zero attached hydrogens (tertiary/aromatic N) is 5. The third kappa shape index (κ3) is 7.47. The number of aryl methyl sites for hydroxylation is 3. The van der Waals surface area contributed by atoms with E-state index in [-0.39, 0.29) is 5.75 Å². The molecular formula is C32H30F3N5OS2. The first-order chi connectivity index (χ1) is 20.5. The highest BCUT2D eigenvalue weighted by Gasteiger charge is 2.31. The molecule has 0 atom stereocenters. The minimum absolute atomic E-state index is 0.296. The predicted octanol–water partition coefficient (Wildman–Crippen LogP) is 8.29. The summed E-state index contributed by atoms with van der Waals surface area (Å²) in [5, 5.41) is 6.58. The van der Waals surface area contributed by atoms with Gasteiger partial charge in [0.1, 0.15) is 17.1 Å². The summed E-state index contributed by atoms with van der Waals surface area (Å²) < 4.78 is 44.9. The number of benzene rings is 3. The van der Waals surface area contributed by atoms with Crippen molar-refractivity contribution in [3.05, 3.63) is 106 Å². The molecule has 0 bridgehead atoms. The maximum Gasteiger partial charge on any atom is 0.573 e. The van der Waals surface area contributed by atoms with E-state index >= 15 is 0 Å². The van der Waals surface area contributed by atoms with Gasteiger partial charge in [0.15, 0.2) is 10.6 Å². The normalized spacial score (nSPS) is 12.2. The maximum atomic E-state index is 12.4. The van der Waals surface area contributed by atoms with E-state index < -0.39 is 6.36 Å². The zero-order valence-corrected chi connectivity index (χ0v) is 25.7. The molecule has 11 heteroatoms. The second kappa shape index (κ2) is 12.6. The van der Waals surface area contributed by atoms with Crippen LogP contribution in [0.5, 0.6) is 5.75 Å². The van der Waals surface area contributed by atoms with Crippen molar-refractivity contribution in [2.24, 2.45) is 4.99 Å². The van der Waals surface area contributed by atoms with Gasteiger partial charge in [-0.3, -0.25) is 4.57 Å². The van der Waals surface area contributed by atoms with Crippen LogP contribution in [0, 0.1) is 13.8 Å². The Bertz CT molecular complexity index is 1800. The Kier molecular flexibility index (Phi) is 8.93. The van der Waals surface area contributed by atoms with E-state index in [1.165, 1.54) is 46.4 Å². The molecule has 0 amide bonds. The number of halogens is 3. The Hall–Kier alpha value is -4.09. The van der Waals surface area contributed by atoms with E-state index in [9.17, 15) is 13.2 Å². The van der Waals surface area contributed by atoms with Crippen LogP contribution >= 0.6 is 23.6 Å². The molecule has 5 aromatic rings. The lowest BCUT2D eigenvalue weighted by Crippen LogP contribution is -2.18. The lowest BCUT2D eigenvalue weighted by molar-refractivity contribution is -0.274. The van der Waals surface area contributed by atoms with E-state index in [1.807, 2.05) is 24.3 Å². The van der Waals surface area contributed by atoms with Crippen LogP contribution in [0.2, 0.25) is 0 Å². The van der Waals surface area contributed by atoms with Gasteiger partial charge in [-0.25, -0.2) is 14.7 Å². The van der Waals surface area contributed by atoms with Gasteiger partial charge in [0, 0.05) is 23.1 Å². The van der Waals surface area contributed by atoms with Crippen molar-refractivity contribution in [2.75, 3.05) is 0 Å². The van der Waals surface area contributed by atoms with Crippen molar-refractivity contribution < 1.29 is 17.9 Å². The van der Waals surface area contributed by atoms with Crippen LogP contribution in [-0.4, -0.2) is 30.7 Å². The molecule has 0 aliphatic rings. The number of thiazole rings is 1. The first-order valence-electron chi connectivity index (χ1n) is 13.7. The van der Waals surface area contributed by atoms with Crippen molar-refractivity contribution in [3.63, 3.8) is 0 Å². The van der Waals surface area contributed by atoms with E-state index in [0.717, 1.165) is 33.7 Å². The lowest BCUT2D eigenvalue weighted by Gasteiger charge is -2.16. The Labute approximate surface area is 257 Å². The van der Waals surface area contributed by atoms with E-state index in [2.05, 4.69) is 70.7 Å². The molecule has 0 aliphatic heterocycles. The quantitative estimate of drug-likeness (QED) is 0.164. The fourth-order valence-electron chi connectivity index (χ4n) is 4.66. The monoisotopic (exact) mass is 621 g/mol. The minimum Gasteiger partial charge on any atom is -0.406 e. The Morgan fingerprint density at radius 3 is 2.42 bits per heavy atom. The average Bonchev–Trinajstić information content (AvgIpc) is 3.59. The van der Waals surface area contributed by atoms with Crippen molar-refractivity contribution in [3.8, 4) is 28.5 Å². The predicted molar refractivity (Wildman–Crippen MR) is 167 cm³/mol. The highest BCUT2D eigenvalue weighted by Crippen LogP contribution is 2.26. The first kappa shape index (κ1) is 30.4. The standard InChI is InChI=1S/C32H30F3N5OS2/c1-20(2)27-17-21(3)5-15-28(27)40-22(4)18-43-31(40)37-29(42)16-8-23-6-9-24(10-7-23)30-36-19-39(38-30)25-11-13-26(14-12-25)41-32(33,34)35/h5-7,9-15,17-20H,8,16H2,1-4H3. The molecule has 5 rings (SSSR count). The number of hydrogen-bond acceptors (Lipinski definition) is 5. The Balaban J connectivity index is 1.25. The van der Waals surface area contributed by atoms with Crippen molar-refractivity contribution in [2.45, 2.75) is 52.8 Å². The Morgan fingerprint density at radius 1 is 1.02 bits per heavy atom. The summed E-state index contributed by atoms with van der Waals surface area (Å²) in [6.45, 7) is 8.60. The molecular weight excluding hydrogens is 592 g/mol. The van der Waals surface area contributed by atoms with Gasteiger partial charge in [-0.15, -0.1) is 29.6 Å². The second-order valence-electron chi connectivity index (χ2n) is 10.5. The molecule has 0 N–H and O–H groups in total. The summed E-state index contributed by atoms with van der Waals surface area (Å²) in [6, 6.07) is 19.9. The zero-order valence-electron chi connectivity index (χ0n) is 24.1. The molecule has 0 unspecified atom stereocenters. The van der Waals surface area contributed by atoms with E-state index in [1.54, 1.807) is 11.3 Å². The molecule has 6 nitrogen and oxygen atoms in total. The summed E-state index contributed by atoms with van der Waals surface area (Å²) in [7, 11) is 0. The van der Waals surface area contributed by atoms with Gasteiger partial charge in [0.25, 0.3) is 0 Å². The number of aromatic nitrogens is 4. The van der Waals surface area contributed by atoms with Gasteiger partial charge in [0.2, 0.25) is 0 Å². The van der Waals surface area contributed by atoms with Gasteiger partial charge >= 0.3 is 6.36 Å². The topological polar surface area (TPSA) is 57.2 Å². The summed E-state index contributed by atoms with van der Waals surface area (Å²) in [5.74, 6) is 0.583. The summed E-state index contributed by atoms with van der Waals surface area (Å²) >= 11 is 7.27. The second-order valence-corrected chi connectivity index (χ2v) is 11.8. The van der Waals surface area contributed by atoms with Crippen molar-refractivity contribution in [1.82, 2.24) is 19.3 Å². The fourth-order valence-corrected chi connectivity index (χ4v) is 5.80. The Morgan fingerprint density at radius 2 is 1.74 bits per heavy atom. The van der Waals surface area contributed by atoms with Crippen molar-refractivity contribution in [1.29, 1.82) is 0 Å². The smallest absolute Gasteiger partial charge is 0.406 e. The molecule has 2 aromatic heterocycles. The van der Waals surface area contributed by atoms with Crippen LogP contribution in [0.1, 0.15) is 48.6 Å². The lowest BCUT2D eigenvalue weighted by atomic mass is 9.99. The van der Waals surface area contributed by atoms with Crippen LogP contribution in [-0.2, 0) is 6.42 Å². The highest BCUT2D eigenvalue weighted by molar-refractivity contribution is 7.80. The molecule has 43 heavy (non-hydrogen) atoms. The molecule has 0 saturated heterocycles. The summed E-state index contributed by atoms with van der Waals surface area (Å²) in [5.41, 5.74) is 7.27. The molecule has 0 spiro atoms. The molecule has 3 aromatic carbocycles. The van der Waals surface area contributed by atoms with Gasteiger partial charge in [-0.2, -0.15) is 0 Å². The molecule has 0 radical (unpaired) electrons. The van der Waals surface area contributed by atoms with Gasteiger partial charge in [-0.1, -0.05) is 68.0 Å². The molecule has 0 saturated carbocycles. The largest absolute Gasteiger partial charge is 0.573 e. The SMILES string of the molecule is Cc1ccc(-n2c(C)csc2=NC(=S)CCc2ccc(-c3ncn(-c4ccc(OC(F)(F)F)cc4)n3)cc2)c(C(C)C)c1. The van der Waals surface area contributed by atoms with Crippen LogP contribution in [0.4, 0.5) is 13.2 Å². The average molecular weight is 622 g/mol. The fraction of sp³-hybridized carbons (Fsp3) is 0.250. The number of thiocarbonyl (C=S) groups is 1. The van der Waals surface area contributed by atoms with Gasteiger partial charge in [-0.05, 0) is 67.6 Å². The number of rotatable bonds is 8. The van der Waals surface area contributed by atoms with Crippen LogP contribution < -0.4 is 9.54 Å². The van der Waals surface area contributed by atoms with E-state index in [4.69, 9.17) is 17.2 Å².